The van der Waals surface area contributed by atoms with Crippen LogP contribution in [-0.2, 0) is 0 Å². The number of rotatable bonds is 9. The molecule has 4 aromatic rings. The molecule has 0 spiro atoms. The number of hydrogen-bond acceptors (Lipinski definition) is 4. The first-order valence-corrected chi connectivity index (χ1v) is 11.5. The molecule has 0 radical (unpaired) electrons. The molecule has 4 aromatic carbocycles. The Morgan fingerprint density at radius 2 is 1.19 bits per heavy atom. The second-order valence-corrected chi connectivity index (χ2v) is 8.04. The van der Waals surface area contributed by atoms with Crippen LogP contribution in [-0.4, -0.2) is 25.8 Å². The highest BCUT2D eigenvalue weighted by Gasteiger charge is 2.17. The molecule has 0 aliphatic heterocycles. The topological polar surface area (TPSA) is 52.6 Å². The standard InChI is InChI=1S/C32H26O4/c1-35-27-17-12-25(13-18-27)31(33)21-16-24-10-6-7-11-29(24)30(22-23-8-4-3-5-9-23)32(34)26-14-19-28(36-2)20-15-26/h3-22H,1-2H3/b21-16+,30-22+. The predicted molar refractivity (Wildman–Crippen MR) is 144 cm³/mol. The molecule has 0 aromatic heterocycles. The van der Waals surface area contributed by atoms with Gasteiger partial charge in [0, 0.05) is 16.7 Å². The molecule has 36 heavy (non-hydrogen) atoms. The Labute approximate surface area is 211 Å². The highest BCUT2D eigenvalue weighted by molar-refractivity contribution is 6.33. The number of carbonyl (C=O) groups excluding carboxylic acids is 2. The zero-order chi connectivity index (χ0) is 25.3. The van der Waals surface area contributed by atoms with Gasteiger partial charge in [-0.2, -0.15) is 0 Å². The van der Waals surface area contributed by atoms with E-state index in [1.165, 1.54) is 6.08 Å². The second kappa shape index (κ2) is 11.6. The number of benzene rings is 4. The van der Waals surface area contributed by atoms with E-state index in [4.69, 9.17) is 9.47 Å². The van der Waals surface area contributed by atoms with E-state index >= 15 is 0 Å². The molecule has 4 rings (SSSR count). The van der Waals surface area contributed by atoms with Crippen LogP contribution in [0.15, 0.2) is 109 Å². The number of hydrogen-bond donors (Lipinski definition) is 0. The van der Waals surface area contributed by atoms with Gasteiger partial charge in [0.2, 0.25) is 0 Å². The van der Waals surface area contributed by atoms with Crippen molar-refractivity contribution in [2.45, 2.75) is 0 Å². The van der Waals surface area contributed by atoms with Crippen LogP contribution in [0.2, 0.25) is 0 Å². The highest BCUT2D eigenvalue weighted by Crippen LogP contribution is 2.28. The fraction of sp³-hybridized carbons (Fsp3) is 0.0625. The van der Waals surface area contributed by atoms with Crippen molar-refractivity contribution in [2.75, 3.05) is 14.2 Å². The Morgan fingerprint density at radius 1 is 0.639 bits per heavy atom. The van der Waals surface area contributed by atoms with Crippen LogP contribution < -0.4 is 9.47 Å². The van der Waals surface area contributed by atoms with Gasteiger partial charge in [0.15, 0.2) is 11.6 Å². The first-order valence-electron chi connectivity index (χ1n) is 11.5. The summed E-state index contributed by atoms with van der Waals surface area (Å²) in [5.41, 5.74) is 4.04. The lowest BCUT2D eigenvalue weighted by molar-refractivity contribution is 0.104. The van der Waals surface area contributed by atoms with Gasteiger partial charge in [-0.15, -0.1) is 0 Å². The summed E-state index contributed by atoms with van der Waals surface area (Å²) in [5.74, 6) is 1.11. The van der Waals surface area contributed by atoms with Crippen LogP contribution in [0.25, 0.3) is 17.7 Å². The first kappa shape index (κ1) is 24.4. The lowest BCUT2D eigenvalue weighted by Gasteiger charge is -2.12. The Bertz CT molecular complexity index is 1400. The fourth-order valence-electron chi connectivity index (χ4n) is 3.78. The number of ketones is 2. The average molecular weight is 475 g/mol. The Morgan fingerprint density at radius 3 is 1.81 bits per heavy atom. The summed E-state index contributed by atoms with van der Waals surface area (Å²) in [6.07, 6.45) is 5.16. The maximum Gasteiger partial charge on any atom is 0.193 e. The molecule has 0 amide bonds. The molecule has 0 aliphatic carbocycles. The van der Waals surface area contributed by atoms with Crippen molar-refractivity contribution in [2.24, 2.45) is 0 Å². The number of carbonyl (C=O) groups is 2. The van der Waals surface area contributed by atoms with Crippen molar-refractivity contribution in [3.05, 3.63) is 137 Å². The molecule has 0 N–H and O–H groups in total. The number of methoxy groups -OCH3 is 2. The molecule has 0 saturated heterocycles. The molecule has 0 unspecified atom stereocenters. The fourth-order valence-corrected chi connectivity index (χ4v) is 3.78. The first-order chi connectivity index (χ1) is 17.6. The summed E-state index contributed by atoms with van der Waals surface area (Å²) >= 11 is 0. The van der Waals surface area contributed by atoms with Crippen LogP contribution in [0, 0.1) is 0 Å². The molecular formula is C32H26O4. The molecule has 0 heterocycles. The lowest BCUT2D eigenvalue weighted by Crippen LogP contribution is -2.04. The molecule has 0 fully saturated rings. The van der Waals surface area contributed by atoms with E-state index in [-0.39, 0.29) is 11.6 Å². The van der Waals surface area contributed by atoms with E-state index in [0.29, 0.717) is 28.2 Å². The second-order valence-electron chi connectivity index (χ2n) is 8.04. The maximum absolute atomic E-state index is 13.7. The normalized spacial score (nSPS) is 11.3. The Balaban J connectivity index is 1.73. The van der Waals surface area contributed by atoms with E-state index in [1.54, 1.807) is 68.8 Å². The van der Waals surface area contributed by atoms with Gasteiger partial charge in [0.1, 0.15) is 11.5 Å². The molecule has 4 heteroatoms. The molecule has 0 atom stereocenters. The summed E-state index contributed by atoms with van der Waals surface area (Å²) in [6.45, 7) is 0. The van der Waals surface area contributed by atoms with Gasteiger partial charge in [-0.1, -0.05) is 60.7 Å². The van der Waals surface area contributed by atoms with Gasteiger partial charge in [0.05, 0.1) is 14.2 Å². The van der Waals surface area contributed by atoms with Crippen molar-refractivity contribution in [1.82, 2.24) is 0 Å². The minimum atomic E-state index is -0.137. The minimum Gasteiger partial charge on any atom is -0.497 e. The quantitative estimate of drug-likeness (QED) is 0.149. The SMILES string of the molecule is COc1ccc(C(=O)/C=C/c2ccccc2/C(=C\c2ccccc2)C(=O)c2ccc(OC)cc2)cc1. The number of ether oxygens (including phenoxy) is 2. The summed E-state index contributed by atoms with van der Waals surface area (Å²) in [5, 5.41) is 0. The number of allylic oxidation sites excluding steroid dienone is 2. The molecule has 0 bridgehead atoms. The molecule has 178 valence electrons. The zero-order valence-electron chi connectivity index (χ0n) is 20.2. The summed E-state index contributed by atoms with van der Waals surface area (Å²) in [6, 6.07) is 31.3. The third-order valence-corrected chi connectivity index (χ3v) is 5.75. The van der Waals surface area contributed by atoms with Crippen LogP contribution in [0.5, 0.6) is 11.5 Å². The average Bonchev–Trinajstić information content (AvgIpc) is 2.95. The largest absolute Gasteiger partial charge is 0.497 e. The smallest absolute Gasteiger partial charge is 0.193 e. The van der Waals surface area contributed by atoms with Crippen molar-refractivity contribution in [3.63, 3.8) is 0 Å². The van der Waals surface area contributed by atoms with E-state index in [9.17, 15) is 9.59 Å². The molecule has 0 aliphatic rings. The third kappa shape index (κ3) is 5.86. The summed E-state index contributed by atoms with van der Waals surface area (Å²) in [7, 11) is 3.18. The van der Waals surface area contributed by atoms with Crippen molar-refractivity contribution < 1.29 is 19.1 Å². The summed E-state index contributed by atoms with van der Waals surface area (Å²) in [4.78, 5) is 26.5. The van der Waals surface area contributed by atoms with E-state index < -0.39 is 0 Å². The molecule has 0 saturated carbocycles. The highest BCUT2D eigenvalue weighted by atomic mass is 16.5. The van der Waals surface area contributed by atoms with Crippen LogP contribution in [0.4, 0.5) is 0 Å². The van der Waals surface area contributed by atoms with Crippen molar-refractivity contribution in [1.29, 1.82) is 0 Å². The Hall–Kier alpha value is -4.70. The zero-order valence-corrected chi connectivity index (χ0v) is 20.2. The monoisotopic (exact) mass is 474 g/mol. The van der Waals surface area contributed by atoms with Crippen molar-refractivity contribution >= 4 is 29.3 Å². The van der Waals surface area contributed by atoms with Gasteiger partial charge in [-0.05, 0) is 77.4 Å². The maximum atomic E-state index is 13.7. The Kier molecular flexibility index (Phi) is 7.89. The third-order valence-electron chi connectivity index (χ3n) is 5.75. The van der Waals surface area contributed by atoms with Gasteiger partial charge in [-0.3, -0.25) is 9.59 Å². The van der Waals surface area contributed by atoms with E-state index in [0.717, 1.165) is 16.7 Å². The predicted octanol–water partition coefficient (Wildman–Crippen LogP) is 7.02. The van der Waals surface area contributed by atoms with E-state index in [1.807, 2.05) is 60.7 Å². The van der Waals surface area contributed by atoms with Gasteiger partial charge in [0.25, 0.3) is 0 Å². The van der Waals surface area contributed by atoms with Crippen LogP contribution >= 0.6 is 0 Å². The van der Waals surface area contributed by atoms with E-state index in [2.05, 4.69) is 0 Å². The number of Topliss-reactive ketones (excluding diaryl/α,β-unsaturated/α-hetero) is 1. The van der Waals surface area contributed by atoms with Crippen LogP contribution in [0.1, 0.15) is 37.4 Å². The minimum absolute atomic E-state index is 0.121. The summed E-state index contributed by atoms with van der Waals surface area (Å²) < 4.78 is 10.4. The molecular weight excluding hydrogens is 448 g/mol. The molecule has 4 nitrogen and oxygen atoms in total. The van der Waals surface area contributed by atoms with Gasteiger partial charge >= 0.3 is 0 Å². The van der Waals surface area contributed by atoms with Gasteiger partial charge in [-0.25, -0.2) is 0 Å². The van der Waals surface area contributed by atoms with Crippen LogP contribution in [0.3, 0.4) is 0 Å². The lowest BCUT2D eigenvalue weighted by atomic mass is 9.91. The van der Waals surface area contributed by atoms with Gasteiger partial charge < -0.3 is 9.47 Å². The van der Waals surface area contributed by atoms with Crippen molar-refractivity contribution in [3.8, 4) is 11.5 Å².